The number of nitrogens with zero attached hydrogens (tertiary/aromatic N) is 1. The summed E-state index contributed by atoms with van der Waals surface area (Å²) in [7, 11) is 1.66. The van der Waals surface area contributed by atoms with E-state index >= 15 is 0 Å². The van der Waals surface area contributed by atoms with Crippen LogP contribution in [-0.4, -0.2) is 32.1 Å². The highest BCUT2D eigenvalue weighted by Gasteiger charge is 2.20. The summed E-state index contributed by atoms with van der Waals surface area (Å²) in [5, 5.41) is 3.16. The number of carbonyl (C=O) groups is 1. The maximum atomic E-state index is 13.0. The molecule has 1 heterocycles. The summed E-state index contributed by atoms with van der Waals surface area (Å²) >= 11 is 0. The second-order valence-electron chi connectivity index (χ2n) is 7.01. The van der Waals surface area contributed by atoms with Crippen LogP contribution < -0.4 is 15.0 Å². The van der Waals surface area contributed by atoms with Crippen molar-refractivity contribution in [3.05, 3.63) is 59.9 Å². The molecule has 27 heavy (non-hydrogen) atoms. The summed E-state index contributed by atoms with van der Waals surface area (Å²) in [6.45, 7) is 1.75. The molecule has 4 nitrogen and oxygen atoms in total. The lowest BCUT2D eigenvalue weighted by molar-refractivity contribution is -0.122. The van der Waals surface area contributed by atoms with Crippen LogP contribution >= 0.6 is 0 Å². The number of carbonyl (C=O) groups excluding carboxylic acids is 1. The third-order valence-corrected chi connectivity index (χ3v) is 5.08. The second kappa shape index (κ2) is 9.40. The Morgan fingerprint density at radius 2 is 1.78 bits per heavy atom. The van der Waals surface area contributed by atoms with E-state index < -0.39 is 0 Å². The Morgan fingerprint density at radius 3 is 2.41 bits per heavy atom. The van der Waals surface area contributed by atoms with Crippen molar-refractivity contribution in [1.82, 2.24) is 5.32 Å². The van der Waals surface area contributed by atoms with E-state index in [1.807, 2.05) is 36.4 Å². The third-order valence-electron chi connectivity index (χ3n) is 5.08. The molecule has 1 saturated heterocycles. The number of nitrogens with one attached hydrogen (secondary N) is 1. The molecule has 1 fully saturated rings. The Hall–Kier alpha value is -2.56. The lowest BCUT2D eigenvalue weighted by atomic mass is 10.0. The average molecular weight is 370 g/mol. The molecule has 2 aromatic carbocycles. The fourth-order valence-corrected chi connectivity index (χ4v) is 3.48. The number of halogens is 1. The Kier molecular flexibility index (Phi) is 6.69. The lowest BCUT2D eigenvalue weighted by Crippen LogP contribution is -2.44. The maximum Gasteiger partial charge on any atom is 0.220 e. The zero-order chi connectivity index (χ0) is 19.1. The molecule has 1 aliphatic rings. The van der Waals surface area contributed by atoms with Gasteiger partial charge in [0.2, 0.25) is 5.91 Å². The van der Waals surface area contributed by atoms with E-state index in [0.29, 0.717) is 6.42 Å². The van der Waals surface area contributed by atoms with Gasteiger partial charge in [-0.25, -0.2) is 4.39 Å². The Bertz CT molecular complexity index is 723. The molecule has 3 rings (SSSR count). The molecule has 0 atom stereocenters. The van der Waals surface area contributed by atoms with Gasteiger partial charge in [0.05, 0.1) is 7.11 Å². The number of amides is 1. The first-order valence-electron chi connectivity index (χ1n) is 9.57. The van der Waals surface area contributed by atoms with Crippen LogP contribution in [0.5, 0.6) is 5.75 Å². The van der Waals surface area contributed by atoms with Gasteiger partial charge in [0.15, 0.2) is 0 Å². The fraction of sp³-hybridized carbons (Fsp3) is 0.409. The topological polar surface area (TPSA) is 41.6 Å². The maximum absolute atomic E-state index is 13.0. The molecule has 5 heteroatoms. The molecule has 0 bridgehead atoms. The number of ether oxygens (including phenoxy) is 1. The molecular weight excluding hydrogens is 343 g/mol. The molecule has 0 saturated carbocycles. The number of piperidine rings is 1. The van der Waals surface area contributed by atoms with Gasteiger partial charge in [0.25, 0.3) is 0 Å². The molecule has 1 amide bonds. The van der Waals surface area contributed by atoms with Crippen LogP contribution in [0.1, 0.15) is 31.2 Å². The second-order valence-corrected chi connectivity index (χ2v) is 7.01. The standard InChI is InChI=1S/C22H27FN2O2/c1-27-21-11-5-17(6-12-21)3-2-4-22(26)24-19-13-15-25(16-14-19)20-9-7-18(23)8-10-20/h5-12,19H,2-4,13-16H2,1H3,(H,24,26). The molecule has 144 valence electrons. The Labute approximate surface area is 160 Å². The average Bonchev–Trinajstić information content (AvgIpc) is 2.70. The summed E-state index contributed by atoms with van der Waals surface area (Å²) in [6.07, 6.45) is 4.11. The van der Waals surface area contributed by atoms with Crippen molar-refractivity contribution in [2.45, 2.75) is 38.1 Å². The van der Waals surface area contributed by atoms with E-state index in [0.717, 1.165) is 50.2 Å². The predicted octanol–water partition coefficient (Wildman–Crippen LogP) is 3.94. The van der Waals surface area contributed by atoms with E-state index in [1.165, 1.54) is 17.7 Å². The van der Waals surface area contributed by atoms with Crippen molar-refractivity contribution in [2.75, 3.05) is 25.1 Å². The number of hydrogen-bond donors (Lipinski definition) is 1. The summed E-state index contributed by atoms with van der Waals surface area (Å²) < 4.78 is 18.2. The highest BCUT2D eigenvalue weighted by molar-refractivity contribution is 5.76. The van der Waals surface area contributed by atoms with Crippen LogP contribution in [0.2, 0.25) is 0 Å². The number of aryl methyl sites for hydroxylation is 1. The molecule has 2 aromatic rings. The normalized spacial score (nSPS) is 14.8. The van der Waals surface area contributed by atoms with Crippen LogP contribution in [-0.2, 0) is 11.2 Å². The SMILES string of the molecule is COc1ccc(CCCC(=O)NC2CCN(c3ccc(F)cc3)CC2)cc1. The first kappa shape index (κ1) is 19.2. The third kappa shape index (κ3) is 5.71. The Balaban J connectivity index is 1.35. The molecule has 1 aliphatic heterocycles. The van der Waals surface area contributed by atoms with Crippen LogP contribution in [0.4, 0.5) is 10.1 Å². The number of hydrogen-bond acceptors (Lipinski definition) is 3. The minimum Gasteiger partial charge on any atom is -0.497 e. The highest BCUT2D eigenvalue weighted by Crippen LogP contribution is 2.20. The number of methoxy groups -OCH3 is 1. The minimum atomic E-state index is -0.212. The summed E-state index contributed by atoms with van der Waals surface area (Å²) in [5.74, 6) is 0.766. The largest absolute Gasteiger partial charge is 0.497 e. The molecule has 0 radical (unpaired) electrons. The van der Waals surface area contributed by atoms with Crippen molar-refractivity contribution in [3.8, 4) is 5.75 Å². The van der Waals surface area contributed by atoms with Crippen molar-refractivity contribution >= 4 is 11.6 Å². The molecule has 0 aliphatic carbocycles. The molecule has 0 unspecified atom stereocenters. The number of benzene rings is 2. The highest BCUT2D eigenvalue weighted by atomic mass is 19.1. The van der Waals surface area contributed by atoms with E-state index in [2.05, 4.69) is 10.2 Å². The number of anilines is 1. The molecule has 1 N–H and O–H groups in total. The van der Waals surface area contributed by atoms with Crippen LogP contribution in [0.15, 0.2) is 48.5 Å². The molecule has 0 spiro atoms. The van der Waals surface area contributed by atoms with Crippen molar-refractivity contribution < 1.29 is 13.9 Å². The summed E-state index contributed by atoms with van der Waals surface area (Å²) in [6, 6.07) is 14.8. The van der Waals surface area contributed by atoms with Gasteiger partial charge >= 0.3 is 0 Å². The van der Waals surface area contributed by atoms with Gasteiger partial charge in [-0.05, 0) is 67.6 Å². The quantitative estimate of drug-likeness (QED) is 0.803. The van der Waals surface area contributed by atoms with Gasteiger partial charge in [0, 0.05) is 31.2 Å². The Morgan fingerprint density at radius 1 is 1.11 bits per heavy atom. The van der Waals surface area contributed by atoms with Crippen LogP contribution in [0.25, 0.3) is 0 Å². The molecule has 0 aromatic heterocycles. The lowest BCUT2D eigenvalue weighted by Gasteiger charge is -2.34. The molecular formula is C22H27FN2O2. The summed E-state index contributed by atoms with van der Waals surface area (Å²) in [4.78, 5) is 14.4. The van der Waals surface area contributed by atoms with E-state index in [-0.39, 0.29) is 17.8 Å². The van der Waals surface area contributed by atoms with Gasteiger partial charge < -0.3 is 15.0 Å². The predicted molar refractivity (Wildman–Crippen MR) is 106 cm³/mol. The van der Waals surface area contributed by atoms with Crippen molar-refractivity contribution in [2.24, 2.45) is 0 Å². The summed E-state index contributed by atoms with van der Waals surface area (Å²) in [5.41, 5.74) is 2.26. The van der Waals surface area contributed by atoms with Crippen molar-refractivity contribution in [3.63, 3.8) is 0 Å². The van der Waals surface area contributed by atoms with Gasteiger partial charge in [-0.3, -0.25) is 4.79 Å². The monoisotopic (exact) mass is 370 g/mol. The van der Waals surface area contributed by atoms with Gasteiger partial charge in [-0.15, -0.1) is 0 Å². The van der Waals surface area contributed by atoms with Gasteiger partial charge in [-0.2, -0.15) is 0 Å². The van der Waals surface area contributed by atoms with E-state index in [9.17, 15) is 9.18 Å². The zero-order valence-electron chi connectivity index (χ0n) is 15.8. The first-order valence-corrected chi connectivity index (χ1v) is 9.57. The van der Waals surface area contributed by atoms with Gasteiger partial charge in [0.1, 0.15) is 11.6 Å². The minimum absolute atomic E-state index is 0.128. The fourth-order valence-electron chi connectivity index (χ4n) is 3.48. The van der Waals surface area contributed by atoms with E-state index in [4.69, 9.17) is 4.74 Å². The van der Waals surface area contributed by atoms with Crippen LogP contribution in [0, 0.1) is 5.82 Å². The van der Waals surface area contributed by atoms with E-state index in [1.54, 1.807) is 7.11 Å². The van der Waals surface area contributed by atoms with Crippen molar-refractivity contribution in [1.29, 1.82) is 0 Å². The smallest absolute Gasteiger partial charge is 0.220 e. The zero-order valence-corrected chi connectivity index (χ0v) is 15.8. The van der Waals surface area contributed by atoms with Gasteiger partial charge in [-0.1, -0.05) is 12.1 Å². The first-order chi connectivity index (χ1) is 13.1. The number of rotatable bonds is 7. The van der Waals surface area contributed by atoms with Crippen LogP contribution in [0.3, 0.4) is 0 Å².